The van der Waals surface area contributed by atoms with Crippen LogP contribution < -0.4 is 5.73 Å². The Morgan fingerprint density at radius 1 is 1.46 bits per heavy atom. The summed E-state index contributed by atoms with van der Waals surface area (Å²) in [4.78, 5) is 19.3. The Morgan fingerprint density at radius 3 is 2.96 bits per heavy atom. The molecule has 0 aromatic heterocycles. The van der Waals surface area contributed by atoms with Crippen molar-refractivity contribution in [2.75, 3.05) is 32.8 Å². The molecule has 2 heterocycles. The number of nitrogens with zero attached hydrogens (tertiary/aromatic N) is 4. The van der Waals surface area contributed by atoms with Crippen LogP contribution in [-0.2, 0) is 23.4 Å². The minimum atomic E-state index is -3.43. The molecule has 2 aliphatic rings. The van der Waals surface area contributed by atoms with E-state index in [0.29, 0.717) is 24.8 Å². The zero-order valence-electron chi connectivity index (χ0n) is 14.1. The number of nitrogens with two attached hydrogens (primary N) is 1. The minimum Gasteiger partial charge on any atom is -0.382 e. The molecular formula is C13H24N5O5P. The van der Waals surface area contributed by atoms with Crippen molar-refractivity contribution in [3.63, 3.8) is 0 Å². The van der Waals surface area contributed by atoms with Gasteiger partial charge in [0.1, 0.15) is 17.9 Å². The molecule has 0 bridgehead atoms. The van der Waals surface area contributed by atoms with Gasteiger partial charge in [-0.3, -0.25) is 14.5 Å². The van der Waals surface area contributed by atoms with Gasteiger partial charge in [-0.25, -0.2) is 14.9 Å². The minimum absolute atomic E-state index is 0.193. The van der Waals surface area contributed by atoms with E-state index in [1.807, 2.05) is 11.8 Å². The molecule has 2 unspecified atom stereocenters. The van der Waals surface area contributed by atoms with Crippen LogP contribution >= 0.6 is 7.60 Å². The van der Waals surface area contributed by atoms with Crippen LogP contribution in [0, 0.1) is 0 Å². The smallest absolute Gasteiger partial charge is 0.382 e. The number of aliphatic imine (C=N–C) groups is 3. The van der Waals surface area contributed by atoms with Gasteiger partial charge in [0, 0.05) is 6.54 Å². The zero-order valence-corrected chi connectivity index (χ0v) is 15.0. The number of ether oxygens (including phenoxy) is 1. The molecular weight excluding hydrogens is 337 g/mol. The molecule has 0 radical (unpaired) electrons. The molecule has 11 heteroatoms. The second kappa shape index (κ2) is 8.80. The highest BCUT2D eigenvalue weighted by molar-refractivity contribution is 7.53. The van der Waals surface area contributed by atoms with Gasteiger partial charge in [-0.15, -0.1) is 4.67 Å². The van der Waals surface area contributed by atoms with Gasteiger partial charge in [0.25, 0.3) is 0 Å². The molecule has 0 fully saturated rings. The first-order valence-corrected chi connectivity index (χ1v) is 9.52. The third kappa shape index (κ3) is 4.92. The van der Waals surface area contributed by atoms with Gasteiger partial charge in [0.15, 0.2) is 12.5 Å². The summed E-state index contributed by atoms with van der Waals surface area (Å²) in [7, 11) is -3.43. The Hall–Kier alpha value is -1.16. The van der Waals surface area contributed by atoms with Crippen LogP contribution in [0.3, 0.4) is 0 Å². The van der Waals surface area contributed by atoms with E-state index in [1.165, 1.54) is 6.34 Å². The maximum Gasteiger partial charge on any atom is 0.382 e. The van der Waals surface area contributed by atoms with E-state index in [4.69, 9.17) is 24.6 Å². The van der Waals surface area contributed by atoms with Gasteiger partial charge >= 0.3 is 7.60 Å². The summed E-state index contributed by atoms with van der Waals surface area (Å²) in [6, 6.07) is 0. The molecule has 24 heavy (non-hydrogen) atoms. The molecule has 0 aromatic rings. The molecule has 3 atom stereocenters. The summed E-state index contributed by atoms with van der Waals surface area (Å²) in [5.74, 6) is 0.386. The predicted octanol–water partition coefficient (Wildman–Crippen LogP) is 0.986. The van der Waals surface area contributed by atoms with E-state index in [0.717, 1.165) is 0 Å². The molecule has 0 saturated heterocycles. The van der Waals surface area contributed by atoms with E-state index in [2.05, 4.69) is 15.0 Å². The van der Waals surface area contributed by atoms with E-state index in [1.54, 1.807) is 13.8 Å². The summed E-state index contributed by atoms with van der Waals surface area (Å²) in [6.07, 6.45) is 0.754. The molecule has 2 N–H and O–H groups in total. The summed E-state index contributed by atoms with van der Waals surface area (Å²) < 4.78 is 28.0. The summed E-state index contributed by atoms with van der Waals surface area (Å²) in [5.41, 5.74) is 6.47. The zero-order chi connectivity index (χ0) is 17.6. The topological polar surface area (TPSA) is 120 Å². The number of hydrogen-bond donors (Lipinski definition) is 1. The summed E-state index contributed by atoms with van der Waals surface area (Å²) in [5, 5.41) is 0. The summed E-state index contributed by atoms with van der Waals surface area (Å²) in [6.45, 7) is 6.80. The predicted molar refractivity (Wildman–Crippen MR) is 90.3 cm³/mol. The lowest BCUT2D eigenvalue weighted by Crippen LogP contribution is -2.44. The summed E-state index contributed by atoms with van der Waals surface area (Å²) >= 11 is 0. The molecule has 136 valence electrons. The average Bonchev–Trinajstić information content (AvgIpc) is 2.96. The van der Waals surface area contributed by atoms with Gasteiger partial charge in [-0.05, 0) is 20.8 Å². The largest absolute Gasteiger partial charge is 0.382 e. The van der Waals surface area contributed by atoms with Crippen LogP contribution in [0.4, 0.5) is 0 Å². The fourth-order valence-corrected chi connectivity index (χ4v) is 3.53. The van der Waals surface area contributed by atoms with Crippen LogP contribution in [-0.4, -0.2) is 67.8 Å². The van der Waals surface area contributed by atoms with Crippen LogP contribution in [0.1, 0.15) is 20.8 Å². The van der Waals surface area contributed by atoms with Crippen molar-refractivity contribution in [2.45, 2.75) is 33.0 Å². The van der Waals surface area contributed by atoms with Crippen molar-refractivity contribution in [3.8, 4) is 0 Å². The molecule has 0 aromatic carbocycles. The van der Waals surface area contributed by atoms with E-state index < -0.39 is 7.60 Å². The molecule has 0 saturated carbocycles. The molecule has 10 nitrogen and oxygen atoms in total. The molecule has 0 aliphatic carbocycles. The van der Waals surface area contributed by atoms with E-state index in [9.17, 15) is 4.57 Å². The molecule has 0 amide bonds. The van der Waals surface area contributed by atoms with Crippen molar-refractivity contribution in [2.24, 2.45) is 20.7 Å². The Labute approximate surface area is 141 Å². The van der Waals surface area contributed by atoms with Crippen molar-refractivity contribution >= 4 is 25.5 Å². The normalized spacial score (nSPS) is 24.2. The first-order valence-electron chi connectivity index (χ1n) is 7.79. The number of amidine groups is 1. The van der Waals surface area contributed by atoms with Crippen molar-refractivity contribution in [3.05, 3.63) is 0 Å². The molecule has 2 rings (SSSR count). The number of rotatable bonds is 10. The molecule has 2 aliphatic heterocycles. The van der Waals surface area contributed by atoms with Gasteiger partial charge in [0.2, 0.25) is 0 Å². The average molecular weight is 361 g/mol. The van der Waals surface area contributed by atoms with Gasteiger partial charge < -0.3 is 15.0 Å². The van der Waals surface area contributed by atoms with Crippen molar-refractivity contribution in [1.82, 2.24) is 4.90 Å². The lowest BCUT2D eigenvalue weighted by Gasteiger charge is -2.26. The maximum absolute atomic E-state index is 12.4. The van der Waals surface area contributed by atoms with Crippen LogP contribution in [0.5, 0.6) is 0 Å². The highest BCUT2D eigenvalue weighted by Crippen LogP contribution is 2.48. The van der Waals surface area contributed by atoms with E-state index in [-0.39, 0.29) is 31.8 Å². The van der Waals surface area contributed by atoms with Crippen molar-refractivity contribution < 1.29 is 23.4 Å². The molecule has 0 spiro atoms. The first kappa shape index (κ1) is 19.2. The Bertz CT molecular complexity index is 567. The van der Waals surface area contributed by atoms with E-state index >= 15 is 0 Å². The van der Waals surface area contributed by atoms with Gasteiger partial charge in [-0.1, -0.05) is 0 Å². The van der Waals surface area contributed by atoms with Crippen LogP contribution in [0.2, 0.25) is 0 Å². The van der Waals surface area contributed by atoms with Crippen LogP contribution in [0.15, 0.2) is 15.0 Å². The van der Waals surface area contributed by atoms with Gasteiger partial charge in [0.05, 0.1) is 26.0 Å². The highest BCUT2D eigenvalue weighted by atomic mass is 31.2. The maximum atomic E-state index is 12.4. The van der Waals surface area contributed by atoms with Crippen molar-refractivity contribution in [1.29, 1.82) is 0 Å². The fourth-order valence-electron chi connectivity index (χ4n) is 2.27. The monoisotopic (exact) mass is 361 g/mol. The standard InChI is InChI=1S/C13H24N5O5P/c1-4-21-23-24(19,22-5-2)9-20-10(3)6-18-8-17-11-12(14)15-7-16-13(11)18/h7,10,13H,4-6,8-9H2,1-3H3,(H2,14,15,16)/t10-,13?,24?/m1/s1. The van der Waals surface area contributed by atoms with Gasteiger partial charge in [-0.2, -0.15) is 0 Å². The SMILES string of the molecule is CCOOP(=O)(CO[C@H](C)CN1CN=C2C(N)=NC=NC21)OCC. The third-order valence-electron chi connectivity index (χ3n) is 3.30. The fraction of sp³-hybridized carbons (Fsp3) is 0.769. The Balaban J connectivity index is 1.83. The number of fused-ring (bicyclic) bond motifs is 1. The second-order valence-electron chi connectivity index (χ2n) is 5.22. The second-order valence-corrected chi connectivity index (χ2v) is 7.11. The lowest BCUT2D eigenvalue weighted by molar-refractivity contribution is -0.213. The lowest BCUT2D eigenvalue weighted by atomic mass is 10.2. The first-order chi connectivity index (χ1) is 11.5. The van der Waals surface area contributed by atoms with Crippen LogP contribution in [0.25, 0.3) is 0 Å². The Kier molecular flexibility index (Phi) is 7.02. The highest BCUT2D eigenvalue weighted by Gasteiger charge is 2.34. The third-order valence-corrected chi connectivity index (χ3v) is 4.75. The quantitative estimate of drug-likeness (QED) is 0.350. The Morgan fingerprint density at radius 2 is 2.25 bits per heavy atom. The number of hydrogen-bond acceptors (Lipinski definition) is 10.